The summed E-state index contributed by atoms with van der Waals surface area (Å²) in [6.45, 7) is 0.00100. The summed E-state index contributed by atoms with van der Waals surface area (Å²) >= 11 is 0. The lowest BCUT2D eigenvalue weighted by atomic mass is 10.2. The maximum absolute atomic E-state index is 8.98. The highest BCUT2D eigenvalue weighted by Crippen LogP contribution is 2.33. The SMILES string of the molecule is CNc1ncnc(Oc2ccc(CO)cc2)c1OC. The van der Waals surface area contributed by atoms with Crippen LogP contribution in [0.25, 0.3) is 0 Å². The van der Waals surface area contributed by atoms with Gasteiger partial charge in [-0.15, -0.1) is 0 Å². The van der Waals surface area contributed by atoms with Crippen molar-refractivity contribution in [1.82, 2.24) is 9.97 Å². The maximum Gasteiger partial charge on any atom is 0.268 e. The molecule has 2 aromatic rings. The van der Waals surface area contributed by atoms with Crippen molar-refractivity contribution >= 4 is 5.82 Å². The average molecular weight is 261 g/mol. The molecule has 0 bridgehead atoms. The summed E-state index contributed by atoms with van der Waals surface area (Å²) in [6, 6.07) is 7.07. The van der Waals surface area contributed by atoms with Crippen LogP contribution in [-0.2, 0) is 6.61 Å². The minimum absolute atomic E-state index is 0.00100. The molecule has 2 N–H and O–H groups in total. The Hall–Kier alpha value is -2.34. The van der Waals surface area contributed by atoms with E-state index in [-0.39, 0.29) is 6.61 Å². The third-order valence-corrected chi connectivity index (χ3v) is 2.53. The predicted octanol–water partition coefficient (Wildman–Crippen LogP) is 1.81. The minimum atomic E-state index is 0.00100. The smallest absolute Gasteiger partial charge is 0.268 e. The summed E-state index contributed by atoms with van der Waals surface area (Å²) in [7, 11) is 3.27. The van der Waals surface area contributed by atoms with E-state index in [1.165, 1.54) is 13.4 Å². The van der Waals surface area contributed by atoms with Crippen LogP contribution in [-0.4, -0.2) is 29.2 Å². The first-order valence-electron chi connectivity index (χ1n) is 5.73. The van der Waals surface area contributed by atoms with Crippen LogP contribution in [0.1, 0.15) is 5.56 Å². The molecule has 0 atom stereocenters. The van der Waals surface area contributed by atoms with E-state index in [1.54, 1.807) is 31.3 Å². The number of ether oxygens (including phenoxy) is 2. The van der Waals surface area contributed by atoms with E-state index < -0.39 is 0 Å². The number of methoxy groups -OCH3 is 1. The Kier molecular flexibility index (Phi) is 4.15. The van der Waals surface area contributed by atoms with Crippen LogP contribution >= 0.6 is 0 Å². The summed E-state index contributed by atoms with van der Waals surface area (Å²) in [5, 5.41) is 11.9. The topological polar surface area (TPSA) is 76.5 Å². The molecule has 0 aliphatic carbocycles. The van der Waals surface area contributed by atoms with Gasteiger partial charge in [0.15, 0.2) is 5.82 Å². The molecule has 0 aliphatic rings. The van der Waals surface area contributed by atoms with E-state index in [0.717, 1.165) is 5.56 Å². The van der Waals surface area contributed by atoms with E-state index in [1.807, 2.05) is 0 Å². The maximum atomic E-state index is 8.98. The number of aliphatic hydroxyl groups is 1. The largest absolute Gasteiger partial charge is 0.489 e. The van der Waals surface area contributed by atoms with Gasteiger partial charge in [0, 0.05) is 7.05 Å². The third-order valence-electron chi connectivity index (χ3n) is 2.53. The van der Waals surface area contributed by atoms with Gasteiger partial charge in [-0.05, 0) is 17.7 Å². The number of hydrogen-bond acceptors (Lipinski definition) is 6. The molecule has 0 saturated heterocycles. The fourth-order valence-corrected chi connectivity index (χ4v) is 1.57. The van der Waals surface area contributed by atoms with Gasteiger partial charge in [-0.2, -0.15) is 4.98 Å². The zero-order valence-corrected chi connectivity index (χ0v) is 10.8. The van der Waals surface area contributed by atoms with Crippen molar-refractivity contribution in [3.8, 4) is 17.4 Å². The summed E-state index contributed by atoms with van der Waals surface area (Å²) in [6.07, 6.45) is 1.39. The van der Waals surface area contributed by atoms with E-state index in [2.05, 4.69) is 15.3 Å². The molecule has 19 heavy (non-hydrogen) atoms. The van der Waals surface area contributed by atoms with Gasteiger partial charge >= 0.3 is 0 Å². The van der Waals surface area contributed by atoms with Gasteiger partial charge in [0.2, 0.25) is 5.75 Å². The lowest BCUT2D eigenvalue weighted by Crippen LogP contribution is -2.00. The van der Waals surface area contributed by atoms with Gasteiger partial charge in [0.25, 0.3) is 5.88 Å². The lowest BCUT2D eigenvalue weighted by molar-refractivity contribution is 0.281. The van der Waals surface area contributed by atoms with Crippen molar-refractivity contribution in [3.63, 3.8) is 0 Å². The summed E-state index contributed by atoms with van der Waals surface area (Å²) in [4.78, 5) is 8.09. The summed E-state index contributed by atoms with van der Waals surface area (Å²) in [5.74, 6) is 1.94. The molecule has 6 heteroatoms. The number of anilines is 1. The zero-order chi connectivity index (χ0) is 13.7. The van der Waals surface area contributed by atoms with E-state index >= 15 is 0 Å². The number of benzene rings is 1. The number of hydrogen-bond donors (Lipinski definition) is 2. The highest BCUT2D eigenvalue weighted by Gasteiger charge is 2.13. The van der Waals surface area contributed by atoms with E-state index in [4.69, 9.17) is 14.6 Å². The molecule has 1 aromatic heterocycles. The lowest BCUT2D eigenvalue weighted by Gasteiger charge is -2.11. The van der Waals surface area contributed by atoms with Crippen LogP contribution in [0.3, 0.4) is 0 Å². The van der Waals surface area contributed by atoms with Gasteiger partial charge in [0.05, 0.1) is 13.7 Å². The second kappa shape index (κ2) is 6.01. The standard InChI is InChI=1S/C13H15N3O3/c1-14-12-11(18-2)13(16-8-15-12)19-10-5-3-9(7-17)4-6-10/h3-6,8,17H,7H2,1-2H3,(H,14,15,16). The van der Waals surface area contributed by atoms with Gasteiger partial charge in [-0.25, -0.2) is 4.98 Å². The van der Waals surface area contributed by atoms with E-state index in [9.17, 15) is 0 Å². The fraction of sp³-hybridized carbons (Fsp3) is 0.231. The van der Waals surface area contributed by atoms with Crippen LogP contribution in [0.2, 0.25) is 0 Å². The normalized spacial score (nSPS) is 10.1. The molecule has 0 unspecified atom stereocenters. The Morgan fingerprint density at radius 3 is 2.53 bits per heavy atom. The molecule has 0 saturated carbocycles. The van der Waals surface area contributed by atoms with Crippen molar-refractivity contribution < 1.29 is 14.6 Å². The fourth-order valence-electron chi connectivity index (χ4n) is 1.57. The number of rotatable bonds is 5. The van der Waals surface area contributed by atoms with Crippen molar-refractivity contribution in [2.75, 3.05) is 19.5 Å². The first-order valence-corrected chi connectivity index (χ1v) is 5.73. The molecule has 0 spiro atoms. The second-order valence-corrected chi connectivity index (χ2v) is 3.71. The van der Waals surface area contributed by atoms with Gasteiger partial charge in [-0.1, -0.05) is 12.1 Å². The number of nitrogens with zero attached hydrogens (tertiary/aromatic N) is 2. The Morgan fingerprint density at radius 1 is 1.21 bits per heavy atom. The molecule has 2 rings (SSSR count). The Balaban J connectivity index is 2.26. The quantitative estimate of drug-likeness (QED) is 0.854. The second-order valence-electron chi connectivity index (χ2n) is 3.71. The molecule has 1 aromatic carbocycles. The Morgan fingerprint density at radius 2 is 1.95 bits per heavy atom. The Bertz CT molecular complexity index is 543. The number of aromatic nitrogens is 2. The van der Waals surface area contributed by atoms with Gasteiger partial charge < -0.3 is 19.9 Å². The molecule has 100 valence electrons. The molecule has 1 heterocycles. The minimum Gasteiger partial charge on any atom is -0.489 e. The van der Waals surface area contributed by atoms with Crippen molar-refractivity contribution in [2.45, 2.75) is 6.61 Å². The zero-order valence-electron chi connectivity index (χ0n) is 10.8. The summed E-state index contributed by atoms with van der Waals surface area (Å²) < 4.78 is 10.9. The molecule has 0 radical (unpaired) electrons. The highest BCUT2D eigenvalue weighted by atomic mass is 16.5. The van der Waals surface area contributed by atoms with Crippen LogP contribution in [0, 0.1) is 0 Å². The van der Waals surface area contributed by atoms with Gasteiger partial charge in [-0.3, -0.25) is 0 Å². The third kappa shape index (κ3) is 2.92. The van der Waals surface area contributed by atoms with Crippen molar-refractivity contribution in [1.29, 1.82) is 0 Å². The highest BCUT2D eigenvalue weighted by molar-refractivity contribution is 5.55. The number of nitrogens with one attached hydrogen (secondary N) is 1. The van der Waals surface area contributed by atoms with Crippen LogP contribution in [0.4, 0.5) is 5.82 Å². The monoisotopic (exact) mass is 261 g/mol. The first-order chi connectivity index (χ1) is 9.28. The van der Waals surface area contributed by atoms with Gasteiger partial charge in [0.1, 0.15) is 12.1 Å². The van der Waals surface area contributed by atoms with Crippen molar-refractivity contribution in [3.05, 3.63) is 36.2 Å². The van der Waals surface area contributed by atoms with E-state index in [0.29, 0.717) is 23.2 Å². The molecule has 6 nitrogen and oxygen atoms in total. The summed E-state index contributed by atoms with van der Waals surface area (Å²) in [5.41, 5.74) is 0.818. The molecular formula is C13H15N3O3. The Labute approximate surface area is 111 Å². The average Bonchev–Trinajstić information content (AvgIpc) is 2.47. The number of aliphatic hydroxyl groups excluding tert-OH is 1. The molecule has 0 fully saturated rings. The molecular weight excluding hydrogens is 246 g/mol. The molecule has 0 amide bonds. The van der Waals surface area contributed by atoms with Crippen LogP contribution in [0.15, 0.2) is 30.6 Å². The first kappa shape index (κ1) is 13.1. The van der Waals surface area contributed by atoms with Crippen molar-refractivity contribution in [2.24, 2.45) is 0 Å². The predicted molar refractivity (Wildman–Crippen MR) is 70.6 cm³/mol. The molecule has 0 aliphatic heterocycles. The van der Waals surface area contributed by atoms with Crippen LogP contribution in [0.5, 0.6) is 17.4 Å². The van der Waals surface area contributed by atoms with Crippen LogP contribution < -0.4 is 14.8 Å².